The molecule has 0 aromatic carbocycles. The van der Waals surface area contributed by atoms with Crippen molar-refractivity contribution in [1.29, 1.82) is 0 Å². The molecule has 2 fully saturated rings. The number of amides is 1. The molecule has 1 amide bonds. The van der Waals surface area contributed by atoms with Crippen molar-refractivity contribution in [2.75, 3.05) is 0 Å². The summed E-state index contributed by atoms with van der Waals surface area (Å²) < 4.78 is 0. The lowest BCUT2D eigenvalue weighted by molar-refractivity contribution is -0.127. The molecule has 0 aromatic rings. The summed E-state index contributed by atoms with van der Waals surface area (Å²) in [5.74, 6) is 1.94. The maximum absolute atomic E-state index is 12.0. The van der Waals surface area contributed by atoms with Gasteiger partial charge in [-0.1, -0.05) is 6.42 Å². The standard InChI is InChI=1S/C13H23NO2/c1-8(5-9(2)15)14-13(16)12-7-10-3-4-11(12)6-10/h8-12,15H,3-7H2,1-2H3,(H,14,16). The van der Waals surface area contributed by atoms with Crippen molar-refractivity contribution in [1.82, 2.24) is 5.32 Å². The first-order chi connectivity index (χ1) is 7.56. The fourth-order valence-electron chi connectivity index (χ4n) is 3.49. The zero-order valence-corrected chi connectivity index (χ0v) is 10.3. The van der Waals surface area contributed by atoms with Gasteiger partial charge in [-0.3, -0.25) is 4.79 Å². The summed E-state index contributed by atoms with van der Waals surface area (Å²) in [6.45, 7) is 3.73. The molecule has 2 aliphatic carbocycles. The third-order valence-corrected chi connectivity index (χ3v) is 4.16. The molecular formula is C13H23NO2. The van der Waals surface area contributed by atoms with Gasteiger partial charge in [-0.05, 0) is 51.4 Å². The van der Waals surface area contributed by atoms with E-state index in [1.807, 2.05) is 6.92 Å². The minimum atomic E-state index is -0.338. The van der Waals surface area contributed by atoms with Crippen LogP contribution in [-0.2, 0) is 4.79 Å². The molecule has 3 nitrogen and oxygen atoms in total. The topological polar surface area (TPSA) is 49.3 Å². The van der Waals surface area contributed by atoms with Gasteiger partial charge in [0.2, 0.25) is 5.91 Å². The Balaban J connectivity index is 1.80. The summed E-state index contributed by atoms with van der Waals surface area (Å²) in [7, 11) is 0. The van der Waals surface area contributed by atoms with Gasteiger partial charge in [0, 0.05) is 12.0 Å². The molecule has 0 aliphatic heterocycles. The Hall–Kier alpha value is -0.570. The molecular weight excluding hydrogens is 202 g/mol. The monoisotopic (exact) mass is 225 g/mol. The van der Waals surface area contributed by atoms with Gasteiger partial charge in [0.15, 0.2) is 0 Å². The quantitative estimate of drug-likeness (QED) is 0.765. The van der Waals surface area contributed by atoms with E-state index in [0.29, 0.717) is 12.3 Å². The molecule has 2 saturated carbocycles. The number of aliphatic hydroxyl groups excluding tert-OH is 1. The van der Waals surface area contributed by atoms with Crippen LogP contribution in [0.15, 0.2) is 0 Å². The van der Waals surface area contributed by atoms with Crippen LogP contribution in [0.2, 0.25) is 0 Å². The highest BCUT2D eigenvalue weighted by Gasteiger charge is 2.43. The van der Waals surface area contributed by atoms with E-state index >= 15 is 0 Å². The largest absolute Gasteiger partial charge is 0.393 e. The van der Waals surface area contributed by atoms with Crippen LogP contribution < -0.4 is 5.32 Å². The Bertz CT molecular complexity index is 265. The maximum atomic E-state index is 12.0. The Morgan fingerprint density at radius 1 is 1.38 bits per heavy atom. The van der Waals surface area contributed by atoms with Crippen LogP contribution in [-0.4, -0.2) is 23.2 Å². The van der Waals surface area contributed by atoms with E-state index in [4.69, 9.17) is 0 Å². The van der Waals surface area contributed by atoms with Crippen molar-refractivity contribution in [2.24, 2.45) is 17.8 Å². The molecule has 92 valence electrons. The lowest BCUT2D eigenvalue weighted by Crippen LogP contribution is -2.40. The third-order valence-electron chi connectivity index (χ3n) is 4.16. The number of hydrogen-bond acceptors (Lipinski definition) is 2. The summed E-state index contributed by atoms with van der Waals surface area (Å²) in [6.07, 6.45) is 5.24. The van der Waals surface area contributed by atoms with E-state index in [0.717, 1.165) is 12.3 Å². The number of nitrogens with one attached hydrogen (secondary N) is 1. The van der Waals surface area contributed by atoms with E-state index in [9.17, 15) is 9.90 Å². The SMILES string of the molecule is CC(O)CC(C)NC(=O)C1CC2CCC1C2. The second-order valence-electron chi connectivity index (χ2n) is 5.78. The van der Waals surface area contributed by atoms with Crippen LogP contribution >= 0.6 is 0 Å². The van der Waals surface area contributed by atoms with Gasteiger partial charge in [0.05, 0.1) is 6.10 Å². The smallest absolute Gasteiger partial charge is 0.223 e. The molecule has 2 aliphatic rings. The number of aliphatic hydroxyl groups is 1. The molecule has 2 bridgehead atoms. The number of carbonyl (C=O) groups is 1. The van der Waals surface area contributed by atoms with Gasteiger partial charge in [-0.25, -0.2) is 0 Å². The fourth-order valence-corrected chi connectivity index (χ4v) is 3.49. The van der Waals surface area contributed by atoms with E-state index in [1.165, 1.54) is 19.3 Å². The van der Waals surface area contributed by atoms with Crippen LogP contribution in [0.5, 0.6) is 0 Å². The first-order valence-electron chi connectivity index (χ1n) is 6.54. The minimum absolute atomic E-state index is 0.0895. The number of rotatable bonds is 4. The molecule has 16 heavy (non-hydrogen) atoms. The third kappa shape index (κ3) is 2.57. The zero-order valence-electron chi connectivity index (χ0n) is 10.3. The molecule has 3 heteroatoms. The molecule has 5 unspecified atom stereocenters. The van der Waals surface area contributed by atoms with E-state index in [2.05, 4.69) is 5.32 Å². The number of fused-ring (bicyclic) bond motifs is 2. The second kappa shape index (κ2) is 4.74. The summed E-state index contributed by atoms with van der Waals surface area (Å²) in [5.41, 5.74) is 0. The van der Waals surface area contributed by atoms with Crippen molar-refractivity contribution in [3.63, 3.8) is 0 Å². The van der Waals surface area contributed by atoms with Crippen LogP contribution in [0.25, 0.3) is 0 Å². The Morgan fingerprint density at radius 2 is 2.12 bits per heavy atom. The predicted molar refractivity (Wildman–Crippen MR) is 62.8 cm³/mol. The summed E-state index contributed by atoms with van der Waals surface area (Å²) in [4.78, 5) is 12.0. The van der Waals surface area contributed by atoms with Gasteiger partial charge in [-0.15, -0.1) is 0 Å². The Kier molecular flexibility index (Phi) is 3.53. The van der Waals surface area contributed by atoms with Crippen LogP contribution in [0.3, 0.4) is 0 Å². The number of hydrogen-bond donors (Lipinski definition) is 2. The van der Waals surface area contributed by atoms with Crippen molar-refractivity contribution in [3.8, 4) is 0 Å². The van der Waals surface area contributed by atoms with Crippen molar-refractivity contribution < 1.29 is 9.90 Å². The maximum Gasteiger partial charge on any atom is 0.223 e. The molecule has 2 N–H and O–H groups in total. The molecule has 2 rings (SSSR count). The predicted octanol–water partition coefficient (Wildman–Crippen LogP) is 1.70. The second-order valence-corrected chi connectivity index (χ2v) is 5.78. The molecule has 0 heterocycles. The summed E-state index contributed by atoms with van der Waals surface area (Å²) in [6, 6.07) is 0.0895. The van der Waals surface area contributed by atoms with Crippen LogP contribution in [0, 0.1) is 17.8 Å². The van der Waals surface area contributed by atoms with Gasteiger partial charge in [0.1, 0.15) is 0 Å². The van der Waals surface area contributed by atoms with E-state index in [-0.39, 0.29) is 24.0 Å². The van der Waals surface area contributed by atoms with Crippen LogP contribution in [0.1, 0.15) is 46.0 Å². The lowest BCUT2D eigenvalue weighted by atomic mass is 9.88. The average molecular weight is 225 g/mol. The molecule has 0 radical (unpaired) electrons. The highest BCUT2D eigenvalue weighted by Crippen LogP contribution is 2.48. The molecule has 0 spiro atoms. The first kappa shape index (κ1) is 11.9. The lowest BCUT2D eigenvalue weighted by Gasteiger charge is -2.23. The van der Waals surface area contributed by atoms with Crippen molar-refractivity contribution in [3.05, 3.63) is 0 Å². The van der Waals surface area contributed by atoms with Gasteiger partial charge in [-0.2, -0.15) is 0 Å². The summed E-state index contributed by atoms with van der Waals surface area (Å²) >= 11 is 0. The van der Waals surface area contributed by atoms with E-state index < -0.39 is 0 Å². The Morgan fingerprint density at radius 3 is 2.62 bits per heavy atom. The molecule has 0 aromatic heterocycles. The molecule has 5 atom stereocenters. The zero-order chi connectivity index (χ0) is 11.7. The normalized spacial score (nSPS) is 36.1. The highest BCUT2D eigenvalue weighted by atomic mass is 16.3. The minimum Gasteiger partial charge on any atom is -0.393 e. The summed E-state index contributed by atoms with van der Waals surface area (Å²) in [5, 5.41) is 12.3. The average Bonchev–Trinajstić information content (AvgIpc) is 2.76. The van der Waals surface area contributed by atoms with Gasteiger partial charge in [0.25, 0.3) is 0 Å². The van der Waals surface area contributed by atoms with Gasteiger partial charge >= 0.3 is 0 Å². The molecule has 0 saturated heterocycles. The van der Waals surface area contributed by atoms with Crippen molar-refractivity contribution in [2.45, 2.75) is 58.1 Å². The fraction of sp³-hybridized carbons (Fsp3) is 0.923. The number of carbonyl (C=O) groups excluding carboxylic acids is 1. The highest BCUT2D eigenvalue weighted by molar-refractivity contribution is 5.79. The van der Waals surface area contributed by atoms with Gasteiger partial charge < -0.3 is 10.4 Å². The Labute approximate surface area is 97.6 Å². The van der Waals surface area contributed by atoms with Crippen LogP contribution in [0.4, 0.5) is 0 Å². The van der Waals surface area contributed by atoms with E-state index in [1.54, 1.807) is 6.92 Å². The first-order valence-corrected chi connectivity index (χ1v) is 6.54. The van der Waals surface area contributed by atoms with Crippen molar-refractivity contribution >= 4 is 5.91 Å².